The Morgan fingerprint density at radius 1 is 1.17 bits per heavy atom. The zero-order chi connectivity index (χ0) is 16.2. The summed E-state index contributed by atoms with van der Waals surface area (Å²) in [6.45, 7) is 2.68. The number of methoxy groups -OCH3 is 2. The van der Waals surface area contributed by atoms with Gasteiger partial charge in [-0.05, 0) is 24.6 Å². The molecule has 120 valence electrons. The van der Waals surface area contributed by atoms with Gasteiger partial charge in [0.15, 0.2) is 0 Å². The predicted octanol–water partition coefficient (Wildman–Crippen LogP) is 3.81. The van der Waals surface area contributed by atoms with E-state index in [0.29, 0.717) is 6.61 Å². The van der Waals surface area contributed by atoms with Crippen LogP contribution in [0.2, 0.25) is 0 Å². The van der Waals surface area contributed by atoms with Gasteiger partial charge in [-0.2, -0.15) is 0 Å². The maximum absolute atomic E-state index is 5.23. The number of nitrogens with zero attached hydrogens (tertiary/aromatic N) is 2. The lowest BCUT2D eigenvalue weighted by molar-refractivity contribution is 0.190. The molecule has 0 aliphatic rings. The fourth-order valence-corrected chi connectivity index (χ4v) is 3.41. The van der Waals surface area contributed by atoms with Gasteiger partial charge in [0, 0.05) is 24.1 Å². The van der Waals surface area contributed by atoms with Gasteiger partial charge in [0.1, 0.15) is 22.7 Å². The molecule has 2 aromatic heterocycles. The molecule has 1 unspecified atom stereocenters. The summed E-state index contributed by atoms with van der Waals surface area (Å²) in [5.41, 5.74) is 2.25. The average molecular weight is 329 g/mol. The zero-order valence-electron chi connectivity index (χ0n) is 13.4. The second-order valence-electron chi connectivity index (χ2n) is 5.28. The smallest absolute Gasteiger partial charge is 0.139 e. The van der Waals surface area contributed by atoms with Gasteiger partial charge < -0.3 is 14.8 Å². The first-order valence-corrected chi connectivity index (χ1v) is 8.23. The zero-order valence-corrected chi connectivity index (χ0v) is 14.2. The molecule has 0 radical (unpaired) electrons. The van der Waals surface area contributed by atoms with Crippen LogP contribution in [0.3, 0.4) is 0 Å². The topological polar surface area (TPSA) is 56.3 Å². The molecule has 0 spiro atoms. The summed E-state index contributed by atoms with van der Waals surface area (Å²) in [5.74, 6) is 1.68. The normalized spacial score (nSPS) is 12.3. The van der Waals surface area contributed by atoms with Crippen molar-refractivity contribution in [1.82, 2.24) is 9.97 Å². The third kappa shape index (κ3) is 3.28. The van der Waals surface area contributed by atoms with Crippen molar-refractivity contribution in [2.45, 2.75) is 13.0 Å². The lowest BCUT2D eigenvalue weighted by atomic mass is 10.1. The van der Waals surface area contributed by atoms with Gasteiger partial charge in [-0.3, -0.25) is 0 Å². The maximum Gasteiger partial charge on any atom is 0.139 e. The van der Waals surface area contributed by atoms with E-state index in [4.69, 9.17) is 9.47 Å². The number of fused-ring (bicyclic) bond motifs is 1. The summed E-state index contributed by atoms with van der Waals surface area (Å²) in [7, 11) is 3.36. The largest absolute Gasteiger partial charge is 0.497 e. The minimum Gasteiger partial charge on any atom is -0.497 e. The van der Waals surface area contributed by atoms with Gasteiger partial charge in [0.2, 0.25) is 0 Å². The molecule has 6 heteroatoms. The molecule has 0 saturated carbocycles. The molecule has 0 saturated heterocycles. The number of benzene rings is 1. The third-order valence-electron chi connectivity index (χ3n) is 3.57. The van der Waals surface area contributed by atoms with Crippen molar-refractivity contribution < 1.29 is 9.47 Å². The summed E-state index contributed by atoms with van der Waals surface area (Å²) >= 11 is 1.62. The van der Waals surface area contributed by atoms with Crippen LogP contribution in [0.4, 0.5) is 5.82 Å². The van der Waals surface area contributed by atoms with Crippen LogP contribution in [-0.4, -0.2) is 36.8 Å². The van der Waals surface area contributed by atoms with E-state index in [-0.39, 0.29) is 6.04 Å². The molecule has 0 aliphatic heterocycles. The highest BCUT2D eigenvalue weighted by atomic mass is 32.1. The number of ether oxygens (including phenoxy) is 2. The average Bonchev–Trinajstić information content (AvgIpc) is 3.00. The van der Waals surface area contributed by atoms with Crippen molar-refractivity contribution >= 4 is 27.4 Å². The molecule has 0 bridgehead atoms. The highest BCUT2D eigenvalue weighted by Crippen LogP contribution is 2.37. The van der Waals surface area contributed by atoms with Crippen molar-refractivity contribution in [3.8, 4) is 16.9 Å². The Morgan fingerprint density at radius 3 is 2.65 bits per heavy atom. The highest BCUT2D eigenvalue weighted by molar-refractivity contribution is 7.17. The Balaban J connectivity index is 2.03. The number of hydrogen-bond acceptors (Lipinski definition) is 6. The molecule has 23 heavy (non-hydrogen) atoms. The third-order valence-corrected chi connectivity index (χ3v) is 4.46. The molecule has 1 N–H and O–H groups in total. The van der Waals surface area contributed by atoms with Gasteiger partial charge in [-0.25, -0.2) is 9.97 Å². The van der Waals surface area contributed by atoms with E-state index >= 15 is 0 Å². The van der Waals surface area contributed by atoms with E-state index in [9.17, 15) is 0 Å². The summed E-state index contributed by atoms with van der Waals surface area (Å²) < 4.78 is 10.4. The maximum atomic E-state index is 5.23. The second-order valence-corrected chi connectivity index (χ2v) is 6.14. The van der Waals surface area contributed by atoms with Crippen LogP contribution in [0.15, 0.2) is 36.0 Å². The first-order valence-electron chi connectivity index (χ1n) is 7.35. The van der Waals surface area contributed by atoms with Gasteiger partial charge in [-0.1, -0.05) is 12.1 Å². The van der Waals surface area contributed by atoms with Crippen molar-refractivity contribution in [2.75, 3.05) is 26.1 Å². The summed E-state index contributed by atoms with van der Waals surface area (Å²) in [6, 6.07) is 8.19. The molecule has 2 heterocycles. The van der Waals surface area contributed by atoms with Gasteiger partial charge in [0.25, 0.3) is 0 Å². The van der Waals surface area contributed by atoms with Crippen molar-refractivity contribution in [1.29, 1.82) is 0 Å². The molecule has 3 rings (SSSR count). The summed E-state index contributed by atoms with van der Waals surface area (Å²) in [4.78, 5) is 9.78. The standard InChI is InChI=1S/C17H19N3O2S/c1-11(8-21-2)20-16-15-14(9-23-17(15)19-10-18-16)12-4-6-13(22-3)7-5-12/h4-7,9-11H,8H2,1-3H3,(H,18,19,20). The molecule has 5 nitrogen and oxygen atoms in total. The van der Waals surface area contributed by atoms with Gasteiger partial charge >= 0.3 is 0 Å². The molecule has 1 aromatic carbocycles. The fraction of sp³-hybridized carbons (Fsp3) is 0.294. The number of rotatable bonds is 6. The Labute approximate surface area is 139 Å². The van der Waals surface area contributed by atoms with E-state index in [1.807, 2.05) is 12.1 Å². The highest BCUT2D eigenvalue weighted by Gasteiger charge is 2.14. The Morgan fingerprint density at radius 2 is 1.96 bits per heavy atom. The Kier molecular flexibility index (Phi) is 4.73. The molecule has 0 fully saturated rings. The molecular formula is C17H19N3O2S. The van der Waals surface area contributed by atoms with E-state index in [0.717, 1.165) is 32.9 Å². The summed E-state index contributed by atoms with van der Waals surface area (Å²) in [6.07, 6.45) is 1.60. The first kappa shape index (κ1) is 15.7. The second kappa shape index (κ2) is 6.93. The Hall–Kier alpha value is -2.18. The van der Waals surface area contributed by atoms with E-state index < -0.39 is 0 Å². The van der Waals surface area contributed by atoms with E-state index in [1.165, 1.54) is 0 Å². The monoisotopic (exact) mass is 329 g/mol. The minimum absolute atomic E-state index is 0.168. The van der Waals surface area contributed by atoms with Gasteiger partial charge in [-0.15, -0.1) is 11.3 Å². The quantitative estimate of drug-likeness (QED) is 0.745. The van der Waals surface area contributed by atoms with E-state index in [1.54, 1.807) is 31.9 Å². The Bertz CT molecular complexity index is 786. The van der Waals surface area contributed by atoms with E-state index in [2.05, 4.69) is 39.7 Å². The van der Waals surface area contributed by atoms with Crippen LogP contribution in [0.5, 0.6) is 5.75 Å². The van der Waals surface area contributed by atoms with Crippen LogP contribution in [-0.2, 0) is 4.74 Å². The number of aromatic nitrogens is 2. The molecule has 1 atom stereocenters. The van der Waals surface area contributed by atoms with Crippen LogP contribution >= 0.6 is 11.3 Å². The lowest BCUT2D eigenvalue weighted by Crippen LogP contribution is -2.21. The van der Waals surface area contributed by atoms with Crippen molar-refractivity contribution in [3.63, 3.8) is 0 Å². The number of nitrogens with one attached hydrogen (secondary N) is 1. The van der Waals surface area contributed by atoms with Crippen LogP contribution < -0.4 is 10.1 Å². The number of anilines is 1. The van der Waals surface area contributed by atoms with Crippen LogP contribution in [0.25, 0.3) is 21.3 Å². The molecule has 0 aliphatic carbocycles. The first-order chi connectivity index (χ1) is 11.2. The number of hydrogen-bond donors (Lipinski definition) is 1. The minimum atomic E-state index is 0.168. The lowest BCUT2D eigenvalue weighted by Gasteiger charge is -2.14. The molecule has 3 aromatic rings. The fourth-order valence-electron chi connectivity index (χ4n) is 2.49. The summed E-state index contributed by atoms with van der Waals surface area (Å²) in [5, 5.41) is 6.58. The molecule has 0 amide bonds. The predicted molar refractivity (Wildman–Crippen MR) is 94.4 cm³/mol. The number of thiophene rings is 1. The SMILES string of the molecule is COCC(C)Nc1ncnc2scc(-c3ccc(OC)cc3)c12. The van der Waals surface area contributed by atoms with Crippen LogP contribution in [0.1, 0.15) is 6.92 Å². The van der Waals surface area contributed by atoms with Gasteiger partial charge in [0.05, 0.1) is 19.1 Å². The van der Waals surface area contributed by atoms with Crippen molar-refractivity contribution in [3.05, 3.63) is 36.0 Å². The van der Waals surface area contributed by atoms with Crippen molar-refractivity contribution in [2.24, 2.45) is 0 Å². The molecular weight excluding hydrogens is 310 g/mol. The van der Waals surface area contributed by atoms with Crippen LogP contribution in [0, 0.1) is 0 Å².